The van der Waals surface area contributed by atoms with E-state index in [1.165, 1.54) is 77.3 Å². The Balaban J connectivity index is 2.18. The Morgan fingerprint density at radius 3 is 2.35 bits per heavy atom. The summed E-state index contributed by atoms with van der Waals surface area (Å²) in [4.78, 5) is 2.71. The molecule has 0 radical (unpaired) electrons. The molecule has 20 heavy (non-hydrogen) atoms. The summed E-state index contributed by atoms with van der Waals surface area (Å²) in [5.41, 5.74) is 8.60. The lowest BCUT2D eigenvalue weighted by Gasteiger charge is -2.46. The minimum Gasteiger partial charge on any atom is -0.323 e. The summed E-state index contributed by atoms with van der Waals surface area (Å²) in [5, 5.41) is 0. The molecule has 1 aliphatic carbocycles. The van der Waals surface area contributed by atoms with Crippen LogP contribution in [0, 0.1) is 0 Å². The molecule has 1 atom stereocenters. The minimum atomic E-state index is 0.210. The third kappa shape index (κ3) is 3.28. The van der Waals surface area contributed by atoms with Crippen LogP contribution in [0.2, 0.25) is 0 Å². The van der Waals surface area contributed by atoms with Gasteiger partial charge in [-0.05, 0) is 64.5 Å². The maximum Gasteiger partial charge on any atom is 0.0441 e. The molecule has 1 saturated heterocycles. The number of hydrogen-bond acceptors (Lipinski definition) is 2. The van der Waals surface area contributed by atoms with Gasteiger partial charge in [0.1, 0.15) is 0 Å². The Kier molecular flexibility index (Phi) is 6.10. The van der Waals surface area contributed by atoms with Crippen LogP contribution in [0.25, 0.3) is 0 Å². The van der Waals surface area contributed by atoms with E-state index in [0.717, 1.165) is 0 Å². The first-order valence-electron chi connectivity index (χ1n) is 8.94. The summed E-state index contributed by atoms with van der Waals surface area (Å²) in [6.45, 7) is 7.18. The highest BCUT2D eigenvalue weighted by Gasteiger charge is 2.41. The van der Waals surface area contributed by atoms with E-state index in [9.17, 15) is 0 Å². The predicted octanol–water partition coefficient (Wildman–Crippen LogP) is 4.25. The smallest absolute Gasteiger partial charge is 0.0441 e. The highest BCUT2D eigenvalue weighted by Crippen LogP contribution is 2.35. The van der Waals surface area contributed by atoms with Crippen molar-refractivity contribution >= 4 is 0 Å². The molecular weight excluding hydrogens is 244 g/mol. The first kappa shape index (κ1) is 16.0. The molecule has 1 unspecified atom stereocenters. The molecule has 0 aromatic rings. The van der Waals surface area contributed by atoms with Gasteiger partial charge >= 0.3 is 0 Å². The van der Waals surface area contributed by atoms with Gasteiger partial charge in [0, 0.05) is 11.6 Å². The molecule has 2 rings (SSSR count). The number of hydrogen-bond donors (Lipinski definition) is 1. The van der Waals surface area contributed by atoms with Crippen LogP contribution in [0.4, 0.5) is 0 Å². The van der Waals surface area contributed by atoms with Crippen LogP contribution in [0.3, 0.4) is 0 Å². The molecule has 2 nitrogen and oxygen atoms in total. The summed E-state index contributed by atoms with van der Waals surface area (Å²) in [6.07, 6.45) is 15.5. The first-order valence-corrected chi connectivity index (χ1v) is 8.94. The Labute approximate surface area is 125 Å². The maximum atomic E-state index is 6.84. The molecule has 2 heteroatoms. The van der Waals surface area contributed by atoms with Crippen molar-refractivity contribution in [1.82, 2.24) is 4.90 Å². The average molecular weight is 278 g/mol. The van der Waals surface area contributed by atoms with Crippen molar-refractivity contribution in [3.05, 3.63) is 11.6 Å². The first-order chi connectivity index (χ1) is 9.74. The van der Waals surface area contributed by atoms with E-state index in [1.54, 1.807) is 5.57 Å². The lowest BCUT2D eigenvalue weighted by molar-refractivity contribution is 0.0869. The van der Waals surface area contributed by atoms with Crippen molar-refractivity contribution < 1.29 is 0 Å². The molecule has 0 saturated carbocycles. The van der Waals surface area contributed by atoms with E-state index < -0.39 is 0 Å². The molecule has 2 aliphatic rings. The van der Waals surface area contributed by atoms with Crippen molar-refractivity contribution in [2.24, 2.45) is 5.73 Å². The highest BCUT2D eigenvalue weighted by atomic mass is 15.2. The van der Waals surface area contributed by atoms with Crippen LogP contribution < -0.4 is 5.73 Å². The van der Waals surface area contributed by atoms with Gasteiger partial charge in [-0.25, -0.2) is 0 Å². The Morgan fingerprint density at radius 1 is 1.05 bits per heavy atom. The van der Waals surface area contributed by atoms with Crippen molar-refractivity contribution in [3.63, 3.8) is 0 Å². The van der Waals surface area contributed by atoms with Crippen molar-refractivity contribution in [3.8, 4) is 0 Å². The van der Waals surface area contributed by atoms with Crippen LogP contribution in [-0.4, -0.2) is 29.6 Å². The number of allylic oxidation sites excluding steroid dienone is 1. The normalized spacial score (nSPS) is 24.1. The highest BCUT2D eigenvalue weighted by molar-refractivity contribution is 5.19. The molecule has 116 valence electrons. The monoisotopic (exact) mass is 278 g/mol. The minimum absolute atomic E-state index is 0.210. The SMILES string of the molecule is CCC(CC)(C(N)C1=CCCCCCC1)N1CCCC1. The molecule has 0 aromatic carbocycles. The van der Waals surface area contributed by atoms with E-state index in [4.69, 9.17) is 5.73 Å². The van der Waals surface area contributed by atoms with E-state index >= 15 is 0 Å². The zero-order chi connectivity index (χ0) is 14.4. The quantitative estimate of drug-likeness (QED) is 0.762. The fourth-order valence-electron chi connectivity index (χ4n) is 4.34. The summed E-state index contributed by atoms with van der Waals surface area (Å²) in [6, 6.07) is 0.244. The summed E-state index contributed by atoms with van der Waals surface area (Å²) in [5.74, 6) is 0. The van der Waals surface area contributed by atoms with Gasteiger partial charge in [-0.1, -0.05) is 38.3 Å². The molecule has 2 N–H and O–H groups in total. The predicted molar refractivity (Wildman–Crippen MR) is 87.9 cm³/mol. The number of nitrogens with zero attached hydrogens (tertiary/aromatic N) is 1. The Bertz CT molecular complexity index is 311. The number of likely N-dealkylation sites (tertiary alicyclic amines) is 1. The van der Waals surface area contributed by atoms with Crippen LogP contribution in [0.5, 0.6) is 0 Å². The molecule has 1 fully saturated rings. The third-order valence-electron chi connectivity index (χ3n) is 5.76. The second-order valence-corrected chi connectivity index (χ2v) is 6.71. The van der Waals surface area contributed by atoms with Gasteiger partial charge in [0.25, 0.3) is 0 Å². The van der Waals surface area contributed by atoms with Crippen LogP contribution in [0.15, 0.2) is 11.6 Å². The standard InChI is InChI=1S/C18H34N2/c1-3-18(4-2,20-14-10-11-15-20)17(19)16-12-8-6-5-7-9-13-16/h12,17H,3-11,13-15,19H2,1-2H3. The van der Waals surface area contributed by atoms with Crippen molar-refractivity contribution in [2.75, 3.05) is 13.1 Å². The van der Waals surface area contributed by atoms with Gasteiger partial charge in [0.05, 0.1) is 0 Å². The van der Waals surface area contributed by atoms with Gasteiger partial charge < -0.3 is 5.73 Å². The maximum absolute atomic E-state index is 6.84. The Hall–Kier alpha value is -0.340. The van der Waals surface area contributed by atoms with Crippen LogP contribution in [-0.2, 0) is 0 Å². The molecule has 0 bridgehead atoms. The number of rotatable bonds is 5. The fourth-order valence-corrected chi connectivity index (χ4v) is 4.34. The van der Waals surface area contributed by atoms with E-state index in [2.05, 4.69) is 24.8 Å². The van der Waals surface area contributed by atoms with Gasteiger partial charge in [0.15, 0.2) is 0 Å². The molecule has 1 heterocycles. The Morgan fingerprint density at radius 2 is 1.70 bits per heavy atom. The molecule has 1 aliphatic heterocycles. The van der Waals surface area contributed by atoms with Crippen LogP contribution >= 0.6 is 0 Å². The lowest BCUT2D eigenvalue weighted by Crippen LogP contribution is -2.59. The summed E-state index contributed by atoms with van der Waals surface area (Å²) < 4.78 is 0. The summed E-state index contributed by atoms with van der Waals surface area (Å²) >= 11 is 0. The molecule has 0 spiro atoms. The average Bonchev–Trinajstić information content (AvgIpc) is 2.95. The van der Waals surface area contributed by atoms with E-state index in [1.807, 2.05) is 0 Å². The van der Waals surface area contributed by atoms with Gasteiger partial charge in [-0.3, -0.25) is 4.90 Å². The topological polar surface area (TPSA) is 29.3 Å². The van der Waals surface area contributed by atoms with Crippen LogP contribution in [0.1, 0.15) is 78.1 Å². The van der Waals surface area contributed by atoms with Gasteiger partial charge in [-0.15, -0.1) is 0 Å². The molecular formula is C18H34N2. The van der Waals surface area contributed by atoms with Crippen molar-refractivity contribution in [2.45, 2.75) is 89.6 Å². The lowest BCUT2D eigenvalue weighted by atomic mass is 9.77. The zero-order valence-corrected chi connectivity index (χ0v) is 13.7. The van der Waals surface area contributed by atoms with E-state index in [-0.39, 0.29) is 11.6 Å². The second kappa shape index (κ2) is 7.61. The molecule has 0 amide bonds. The molecule has 0 aromatic heterocycles. The zero-order valence-electron chi connectivity index (χ0n) is 13.7. The third-order valence-corrected chi connectivity index (χ3v) is 5.76. The van der Waals surface area contributed by atoms with Gasteiger partial charge in [-0.2, -0.15) is 0 Å². The van der Waals surface area contributed by atoms with E-state index in [0.29, 0.717) is 0 Å². The number of nitrogens with two attached hydrogens (primary N) is 1. The summed E-state index contributed by atoms with van der Waals surface area (Å²) in [7, 11) is 0. The van der Waals surface area contributed by atoms with Gasteiger partial charge in [0.2, 0.25) is 0 Å². The fraction of sp³-hybridized carbons (Fsp3) is 0.889. The van der Waals surface area contributed by atoms with Crippen molar-refractivity contribution in [1.29, 1.82) is 0 Å². The largest absolute Gasteiger partial charge is 0.323 e. The second-order valence-electron chi connectivity index (χ2n) is 6.71.